The number of carbonyl (C=O) groups is 1. The molecule has 0 aliphatic carbocycles. The highest BCUT2D eigenvalue weighted by molar-refractivity contribution is 6.30. The van der Waals surface area contributed by atoms with Crippen LogP contribution in [0.5, 0.6) is 5.75 Å². The van der Waals surface area contributed by atoms with Gasteiger partial charge >= 0.3 is 5.63 Å². The van der Waals surface area contributed by atoms with Gasteiger partial charge in [0.1, 0.15) is 11.3 Å². The van der Waals surface area contributed by atoms with Gasteiger partial charge in [0.15, 0.2) is 6.61 Å². The number of fused-ring (bicyclic) bond motifs is 1. The summed E-state index contributed by atoms with van der Waals surface area (Å²) in [6.07, 6.45) is 0.727. The highest BCUT2D eigenvalue weighted by atomic mass is 35.5. The Bertz CT molecular complexity index is 1030. The summed E-state index contributed by atoms with van der Waals surface area (Å²) in [6, 6.07) is 11.9. The first-order chi connectivity index (χ1) is 12.5. The molecule has 0 saturated heterocycles. The Morgan fingerprint density at radius 3 is 2.73 bits per heavy atom. The van der Waals surface area contributed by atoms with Gasteiger partial charge in [-0.15, -0.1) is 0 Å². The maximum absolute atomic E-state index is 12.1. The average molecular weight is 372 g/mol. The number of ether oxygens (including phenoxy) is 1. The van der Waals surface area contributed by atoms with Crippen molar-refractivity contribution >= 4 is 34.2 Å². The molecule has 0 aliphatic heterocycles. The van der Waals surface area contributed by atoms with E-state index < -0.39 is 5.63 Å². The van der Waals surface area contributed by atoms with E-state index >= 15 is 0 Å². The van der Waals surface area contributed by atoms with E-state index in [9.17, 15) is 9.59 Å². The van der Waals surface area contributed by atoms with Crippen molar-refractivity contribution in [1.29, 1.82) is 0 Å². The van der Waals surface area contributed by atoms with E-state index in [0.717, 1.165) is 22.9 Å². The topological polar surface area (TPSA) is 68.5 Å². The summed E-state index contributed by atoms with van der Waals surface area (Å²) in [5, 5.41) is 4.25. The van der Waals surface area contributed by atoms with Gasteiger partial charge in [0, 0.05) is 28.2 Å². The van der Waals surface area contributed by atoms with Gasteiger partial charge in [-0.05, 0) is 54.8 Å². The van der Waals surface area contributed by atoms with Crippen molar-refractivity contribution in [1.82, 2.24) is 0 Å². The first-order valence-corrected chi connectivity index (χ1v) is 8.59. The standard InChI is InChI=1S/C20H18ClNO4/c1-3-13-9-20(24)26-18-10-15(5-6-16(13)18)25-11-19(23)22-17-7-4-14(21)8-12(17)2/h4-10H,3,11H2,1-2H3,(H,22,23). The summed E-state index contributed by atoms with van der Waals surface area (Å²) >= 11 is 5.91. The summed E-state index contributed by atoms with van der Waals surface area (Å²) in [6.45, 7) is 3.67. The lowest BCUT2D eigenvalue weighted by atomic mass is 10.1. The van der Waals surface area contributed by atoms with Crippen LogP contribution in [0.3, 0.4) is 0 Å². The van der Waals surface area contributed by atoms with Crippen molar-refractivity contribution in [2.45, 2.75) is 20.3 Å². The fraction of sp³-hybridized carbons (Fsp3) is 0.200. The molecule has 3 rings (SSSR count). The number of amides is 1. The van der Waals surface area contributed by atoms with Gasteiger partial charge in [-0.25, -0.2) is 4.79 Å². The monoisotopic (exact) mass is 371 g/mol. The van der Waals surface area contributed by atoms with Crippen LogP contribution in [0.25, 0.3) is 11.0 Å². The molecular formula is C20H18ClNO4. The normalized spacial score (nSPS) is 10.7. The molecular weight excluding hydrogens is 354 g/mol. The molecule has 0 spiro atoms. The van der Waals surface area contributed by atoms with Crippen LogP contribution >= 0.6 is 11.6 Å². The zero-order valence-electron chi connectivity index (χ0n) is 14.5. The molecule has 5 nitrogen and oxygen atoms in total. The van der Waals surface area contributed by atoms with Gasteiger partial charge in [0.25, 0.3) is 5.91 Å². The maximum atomic E-state index is 12.1. The van der Waals surface area contributed by atoms with E-state index in [4.69, 9.17) is 20.8 Å². The minimum Gasteiger partial charge on any atom is -0.484 e. The molecule has 1 amide bonds. The molecule has 3 aromatic rings. The van der Waals surface area contributed by atoms with Gasteiger partial charge in [-0.2, -0.15) is 0 Å². The minimum absolute atomic E-state index is 0.161. The molecule has 134 valence electrons. The third-order valence-electron chi connectivity index (χ3n) is 4.02. The Kier molecular flexibility index (Phi) is 5.28. The van der Waals surface area contributed by atoms with Gasteiger partial charge in [0.05, 0.1) is 0 Å². The fourth-order valence-corrected chi connectivity index (χ4v) is 2.92. The molecule has 0 radical (unpaired) electrons. The quantitative estimate of drug-likeness (QED) is 0.677. The second-order valence-corrected chi connectivity index (χ2v) is 6.33. The summed E-state index contributed by atoms with van der Waals surface area (Å²) in [4.78, 5) is 23.7. The summed E-state index contributed by atoms with van der Waals surface area (Å²) in [5.41, 5.74) is 2.51. The summed E-state index contributed by atoms with van der Waals surface area (Å²) in [5.74, 6) is 0.163. The second kappa shape index (κ2) is 7.62. The number of carbonyl (C=O) groups excluding carboxylic acids is 1. The number of halogens is 1. The third kappa shape index (κ3) is 4.06. The zero-order valence-corrected chi connectivity index (χ0v) is 15.2. The predicted octanol–water partition coefficient (Wildman–Crippen LogP) is 4.33. The van der Waals surface area contributed by atoms with E-state index in [1.54, 1.807) is 30.3 Å². The molecule has 1 aromatic heterocycles. The average Bonchev–Trinajstić information content (AvgIpc) is 2.61. The summed E-state index contributed by atoms with van der Waals surface area (Å²) < 4.78 is 10.8. The number of rotatable bonds is 5. The Hall–Kier alpha value is -2.79. The SMILES string of the molecule is CCc1cc(=O)oc2cc(OCC(=O)Nc3ccc(Cl)cc3C)ccc12. The van der Waals surface area contributed by atoms with E-state index in [-0.39, 0.29) is 12.5 Å². The molecule has 0 aliphatic rings. The zero-order chi connectivity index (χ0) is 18.7. The Labute approximate surface area is 155 Å². The Balaban J connectivity index is 1.71. The third-order valence-corrected chi connectivity index (χ3v) is 4.25. The Morgan fingerprint density at radius 1 is 1.19 bits per heavy atom. The number of hydrogen-bond acceptors (Lipinski definition) is 4. The molecule has 0 atom stereocenters. The molecule has 26 heavy (non-hydrogen) atoms. The van der Waals surface area contributed by atoms with Crippen LogP contribution in [0.1, 0.15) is 18.1 Å². The van der Waals surface area contributed by atoms with Gasteiger partial charge in [0.2, 0.25) is 0 Å². The smallest absolute Gasteiger partial charge is 0.336 e. The van der Waals surface area contributed by atoms with Crippen LogP contribution in [0.2, 0.25) is 5.02 Å². The summed E-state index contributed by atoms with van der Waals surface area (Å²) in [7, 11) is 0. The lowest BCUT2D eigenvalue weighted by molar-refractivity contribution is -0.118. The highest BCUT2D eigenvalue weighted by Crippen LogP contribution is 2.23. The maximum Gasteiger partial charge on any atom is 0.336 e. The lowest BCUT2D eigenvalue weighted by Crippen LogP contribution is -2.20. The van der Waals surface area contributed by atoms with E-state index in [0.29, 0.717) is 22.0 Å². The van der Waals surface area contributed by atoms with E-state index in [1.165, 1.54) is 6.07 Å². The number of aryl methyl sites for hydroxylation is 2. The Morgan fingerprint density at radius 2 is 2.00 bits per heavy atom. The molecule has 1 N–H and O–H groups in total. The van der Waals surface area contributed by atoms with Crippen LogP contribution in [0, 0.1) is 6.92 Å². The van der Waals surface area contributed by atoms with Crippen LogP contribution in [0.4, 0.5) is 5.69 Å². The number of hydrogen-bond donors (Lipinski definition) is 1. The fourth-order valence-electron chi connectivity index (χ4n) is 2.70. The van der Waals surface area contributed by atoms with Crippen molar-refractivity contribution in [2.24, 2.45) is 0 Å². The van der Waals surface area contributed by atoms with Crippen molar-refractivity contribution < 1.29 is 13.9 Å². The molecule has 0 fully saturated rings. The van der Waals surface area contributed by atoms with Gasteiger partial charge in [-0.1, -0.05) is 18.5 Å². The van der Waals surface area contributed by atoms with Crippen LogP contribution in [0.15, 0.2) is 51.7 Å². The van der Waals surface area contributed by atoms with Gasteiger partial charge in [-0.3, -0.25) is 4.79 Å². The van der Waals surface area contributed by atoms with Crippen molar-refractivity contribution in [3.8, 4) is 5.75 Å². The van der Waals surface area contributed by atoms with E-state index in [2.05, 4.69) is 5.32 Å². The predicted molar refractivity (Wildman–Crippen MR) is 102 cm³/mol. The first-order valence-electron chi connectivity index (χ1n) is 8.22. The van der Waals surface area contributed by atoms with Crippen LogP contribution in [-0.4, -0.2) is 12.5 Å². The molecule has 0 bridgehead atoms. The number of nitrogens with one attached hydrogen (secondary N) is 1. The van der Waals surface area contributed by atoms with Crippen molar-refractivity contribution in [3.63, 3.8) is 0 Å². The minimum atomic E-state index is -0.401. The largest absolute Gasteiger partial charge is 0.484 e. The second-order valence-electron chi connectivity index (χ2n) is 5.90. The molecule has 1 heterocycles. The molecule has 6 heteroatoms. The molecule has 0 saturated carbocycles. The molecule has 2 aromatic carbocycles. The highest BCUT2D eigenvalue weighted by Gasteiger charge is 2.09. The van der Waals surface area contributed by atoms with Crippen molar-refractivity contribution in [3.05, 3.63) is 69.0 Å². The molecule has 0 unspecified atom stereocenters. The number of benzene rings is 2. The lowest BCUT2D eigenvalue weighted by Gasteiger charge is -2.10. The van der Waals surface area contributed by atoms with Crippen LogP contribution < -0.4 is 15.7 Å². The van der Waals surface area contributed by atoms with Crippen LogP contribution in [-0.2, 0) is 11.2 Å². The van der Waals surface area contributed by atoms with Gasteiger partial charge < -0.3 is 14.5 Å². The van der Waals surface area contributed by atoms with E-state index in [1.807, 2.05) is 19.9 Å². The number of anilines is 1. The first kappa shape index (κ1) is 18.0. The van der Waals surface area contributed by atoms with Crippen molar-refractivity contribution in [2.75, 3.05) is 11.9 Å².